The van der Waals surface area contributed by atoms with E-state index in [1.165, 1.54) is 12.1 Å². The maximum absolute atomic E-state index is 11.4. The monoisotopic (exact) mass is 445 g/mol. The van der Waals surface area contributed by atoms with Gasteiger partial charge in [0.15, 0.2) is 16.7 Å². The Morgan fingerprint density at radius 3 is 2.35 bits per heavy atom. The smallest absolute Gasteiger partial charge is 0.290 e. The van der Waals surface area contributed by atoms with E-state index < -0.39 is 9.85 Å². The number of nitro benzene ring substituents is 2. The zero-order chi connectivity index (χ0) is 22.5. The molecule has 0 saturated carbocycles. The highest BCUT2D eigenvalue weighted by Crippen LogP contribution is 2.36. The number of methoxy groups -OCH3 is 2. The van der Waals surface area contributed by atoms with E-state index in [0.717, 1.165) is 23.4 Å². The highest BCUT2D eigenvalue weighted by Gasteiger charge is 2.23. The Morgan fingerprint density at radius 2 is 1.74 bits per heavy atom. The number of rotatable bonds is 9. The molecule has 0 aliphatic rings. The Bertz CT molecular complexity index is 1130. The molecule has 11 nitrogen and oxygen atoms in total. The fourth-order valence-corrected chi connectivity index (χ4v) is 3.96. The van der Waals surface area contributed by atoms with Crippen molar-refractivity contribution < 1.29 is 19.3 Å². The van der Waals surface area contributed by atoms with Gasteiger partial charge >= 0.3 is 0 Å². The fourth-order valence-electron chi connectivity index (χ4n) is 2.96. The number of hydrogen-bond acceptors (Lipinski definition) is 9. The van der Waals surface area contributed by atoms with Gasteiger partial charge in [-0.1, -0.05) is 6.07 Å². The van der Waals surface area contributed by atoms with Gasteiger partial charge in [-0.2, -0.15) is 0 Å². The minimum Gasteiger partial charge on any atom is -0.493 e. The van der Waals surface area contributed by atoms with Gasteiger partial charge in [-0.15, -0.1) is 10.2 Å². The van der Waals surface area contributed by atoms with E-state index in [4.69, 9.17) is 9.47 Å². The van der Waals surface area contributed by atoms with Gasteiger partial charge in [-0.25, -0.2) is 0 Å². The minimum atomic E-state index is -0.669. The second-order valence-electron chi connectivity index (χ2n) is 6.28. The molecule has 2 aromatic carbocycles. The number of benzene rings is 2. The summed E-state index contributed by atoms with van der Waals surface area (Å²) >= 11 is 1.04. The van der Waals surface area contributed by atoms with Crippen molar-refractivity contribution in [3.05, 3.63) is 68.0 Å². The summed E-state index contributed by atoms with van der Waals surface area (Å²) in [6.07, 6.45) is 0.462. The van der Waals surface area contributed by atoms with Crippen LogP contribution in [0.2, 0.25) is 0 Å². The molecule has 3 aromatic rings. The summed E-state index contributed by atoms with van der Waals surface area (Å²) in [4.78, 5) is 21.3. The van der Waals surface area contributed by atoms with E-state index in [0.29, 0.717) is 35.4 Å². The number of hydrogen-bond donors (Lipinski definition) is 0. The molecule has 1 heterocycles. The van der Waals surface area contributed by atoms with E-state index in [9.17, 15) is 20.2 Å². The summed E-state index contributed by atoms with van der Waals surface area (Å²) in [6, 6.07) is 9.07. The van der Waals surface area contributed by atoms with E-state index in [-0.39, 0.29) is 16.3 Å². The van der Waals surface area contributed by atoms with E-state index in [2.05, 4.69) is 10.2 Å². The topological polar surface area (TPSA) is 135 Å². The summed E-state index contributed by atoms with van der Waals surface area (Å²) in [5, 5.41) is 31.2. The first kappa shape index (κ1) is 22.0. The molecule has 31 heavy (non-hydrogen) atoms. The quantitative estimate of drug-likeness (QED) is 0.355. The van der Waals surface area contributed by atoms with Crippen LogP contribution in [0.15, 0.2) is 46.5 Å². The van der Waals surface area contributed by atoms with Crippen LogP contribution in [0.3, 0.4) is 0 Å². The van der Waals surface area contributed by atoms with Crippen molar-refractivity contribution in [2.24, 2.45) is 0 Å². The molecular weight excluding hydrogens is 426 g/mol. The second-order valence-corrected chi connectivity index (χ2v) is 7.29. The predicted octanol–water partition coefficient (Wildman–Crippen LogP) is 3.87. The van der Waals surface area contributed by atoms with Crippen LogP contribution in [0, 0.1) is 20.2 Å². The normalized spacial score (nSPS) is 10.7. The largest absolute Gasteiger partial charge is 0.493 e. The molecule has 0 spiro atoms. The molecule has 0 radical (unpaired) electrons. The molecule has 162 valence electrons. The van der Waals surface area contributed by atoms with Crippen LogP contribution in [0.5, 0.6) is 11.5 Å². The zero-order valence-corrected chi connectivity index (χ0v) is 17.8. The van der Waals surface area contributed by atoms with Gasteiger partial charge in [-0.3, -0.25) is 20.2 Å². The Labute approximate surface area is 181 Å². The van der Waals surface area contributed by atoms with Crippen LogP contribution in [0.1, 0.15) is 18.3 Å². The lowest BCUT2D eigenvalue weighted by atomic mass is 10.1. The highest BCUT2D eigenvalue weighted by atomic mass is 32.2. The van der Waals surface area contributed by atoms with Crippen molar-refractivity contribution in [1.82, 2.24) is 14.8 Å². The summed E-state index contributed by atoms with van der Waals surface area (Å²) < 4.78 is 12.4. The standard InChI is InChI=1S/C19H19N5O6S/c1-4-22-18(10-12-5-7-15(29-2)16(9-12)30-3)20-21-19(22)31-17-8-6-13(23(25)26)11-14(17)24(27)28/h5-9,11H,4,10H2,1-3H3. The van der Waals surface area contributed by atoms with Gasteiger partial charge in [0.2, 0.25) is 0 Å². The van der Waals surface area contributed by atoms with E-state index >= 15 is 0 Å². The number of non-ortho nitro benzene ring substituents is 1. The molecular formula is C19H19N5O6S. The van der Waals surface area contributed by atoms with Crippen LogP contribution in [0.25, 0.3) is 0 Å². The third kappa shape index (κ3) is 4.74. The molecule has 0 fully saturated rings. The van der Waals surface area contributed by atoms with Gasteiger partial charge in [0.25, 0.3) is 11.4 Å². The van der Waals surface area contributed by atoms with Crippen LogP contribution in [0.4, 0.5) is 11.4 Å². The number of nitro groups is 2. The average molecular weight is 445 g/mol. The fraction of sp³-hybridized carbons (Fsp3) is 0.263. The van der Waals surface area contributed by atoms with Crippen LogP contribution < -0.4 is 9.47 Å². The Morgan fingerprint density at radius 1 is 1.00 bits per heavy atom. The molecule has 12 heteroatoms. The molecule has 0 atom stereocenters. The number of aromatic nitrogens is 3. The Kier molecular flexibility index (Phi) is 6.70. The predicted molar refractivity (Wildman–Crippen MR) is 112 cm³/mol. The van der Waals surface area contributed by atoms with Crippen molar-refractivity contribution in [3.8, 4) is 11.5 Å². The molecule has 0 unspecified atom stereocenters. The van der Waals surface area contributed by atoms with Gasteiger partial charge in [0.1, 0.15) is 5.82 Å². The lowest BCUT2D eigenvalue weighted by Gasteiger charge is -2.10. The summed E-state index contributed by atoms with van der Waals surface area (Å²) in [5.41, 5.74) is 0.228. The van der Waals surface area contributed by atoms with Gasteiger partial charge in [0.05, 0.1) is 35.0 Å². The Hall–Kier alpha value is -3.67. The second kappa shape index (κ2) is 9.43. The lowest BCUT2D eigenvalue weighted by molar-refractivity contribution is -0.396. The maximum atomic E-state index is 11.4. The van der Waals surface area contributed by atoms with Crippen LogP contribution >= 0.6 is 11.8 Å². The van der Waals surface area contributed by atoms with E-state index in [1.54, 1.807) is 20.3 Å². The maximum Gasteiger partial charge on any atom is 0.290 e. The van der Waals surface area contributed by atoms with Crippen LogP contribution in [-0.4, -0.2) is 38.8 Å². The SMILES string of the molecule is CCn1c(Cc2ccc(OC)c(OC)c2)nnc1Sc1ccc([N+](=O)[O-])cc1[N+](=O)[O-]. The molecule has 0 bridgehead atoms. The van der Waals surface area contributed by atoms with Crippen molar-refractivity contribution in [3.63, 3.8) is 0 Å². The van der Waals surface area contributed by atoms with Crippen molar-refractivity contribution in [2.75, 3.05) is 14.2 Å². The molecule has 0 saturated heterocycles. The first-order valence-corrected chi connectivity index (χ1v) is 9.93. The molecule has 0 amide bonds. The van der Waals surface area contributed by atoms with Crippen molar-refractivity contribution in [2.45, 2.75) is 29.9 Å². The summed E-state index contributed by atoms with van der Waals surface area (Å²) in [6.45, 7) is 2.45. The van der Waals surface area contributed by atoms with Crippen molar-refractivity contribution >= 4 is 23.1 Å². The zero-order valence-electron chi connectivity index (χ0n) is 17.0. The molecule has 3 rings (SSSR count). The third-order valence-corrected chi connectivity index (χ3v) is 5.52. The first-order chi connectivity index (χ1) is 14.9. The van der Waals surface area contributed by atoms with Gasteiger partial charge in [0, 0.05) is 19.0 Å². The van der Waals surface area contributed by atoms with Gasteiger partial charge < -0.3 is 14.0 Å². The Balaban J connectivity index is 1.91. The highest BCUT2D eigenvalue weighted by molar-refractivity contribution is 7.99. The van der Waals surface area contributed by atoms with Crippen molar-refractivity contribution in [1.29, 1.82) is 0 Å². The molecule has 1 aromatic heterocycles. The molecule has 0 aliphatic carbocycles. The average Bonchev–Trinajstić information content (AvgIpc) is 3.14. The number of nitrogens with zero attached hydrogens (tertiary/aromatic N) is 5. The first-order valence-electron chi connectivity index (χ1n) is 9.11. The lowest BCUT2D eigenvalue weighted by Crippen LogP contribution is -2.04. The van der Waals surface area contributed by atoms with Crippen LogP contribution in [-0.2, 0) is 13.0 Å². The van der Waals surface area contributed by atoms with E-state index in [1.807, 2.05) is 23.6 Å². The third-order valence-electron chi connectivity index (χ3n) is 4.47. The molecule has 0 N–H and O–H groups in total. The molecule has 0 aliphatic heterocycles. The summed E-state index contributed by atoms with van der Waals surface area (Å²) in [7, 11) is 3.12. The summed E-state index contributed by atoms with van der Waals surface area (Å²) in [5.74, 6) is 1.88. The minimum absolute atomic E-state index is 0.246. The number of ether oxygens (including phenoxy) is 2. The van der Waals surface area contributed by atoms with Gasteiger partial charge in [-0.05, 0) is 42.4 Å².